The molecule has 0 fully saturated rings. The molecule has 24 heavy (non-hydrogen) atoms. The van der Waals surface area contributed by atoms with Crippen LogP contribution in [0.5, 0.6) is 0 Å². The van der Waals surface area contributed by atoms with Gasteiger partial charge in [0, 0.05) is 0 Å². The molecule has 0 aliphatic heterocycles. The van der Waals surface area contributed by atoms with Crippen molar-refractivity contribution >= 4 is 0 Å². The molecule has 0 aromatic heterocycles. The molecule has 2 rings (SSSR count). The molecule has 0 bridgehead atoms. The molecular formula is C24H34. The summed E-state index contributed by atoms with van der Waals surface area (Å²) in [6.45, 7) is 13.7. The van der Waals surface area contributed by atoms with Crippen molar-refractivity contribution < 1.29 is 0 Å². The van der Waals surface area contributed by atoms with Gasteiger partial charge in [0.05, 0.1) is 0 Å². The molecule has 0 amide bonds. The van der Waals surface area contributed by atoms with E-state index in [0.29, 0.717) is 5.92 Å². The minimum atomic E-state index is 0.670. The number of aryl methyl sites for hydroxylation is 3. The van der Waals surface area contributed by atoms with Crippen molar-refractivity contribution in [1.29, 1.82) is 0 Å². The van der Waals surface area contributed by atoms with Gasteiger partial charge >= 0.3 is 0 Å². The molecule has 1 atom stereocenters. The summed E-state index contributed by atoms with van der Waals surface area (Å²) in [5, 5.41) is 0. The first-order valence-electron chi connectivity index (χ1n) is 9.53. The van der Waals surface area contributed by atoms with Crippen LogP contribution < -0.4 is 0 Å². The summed E-state index contributed by atoms with van der Waals surface area (Å²) in [5.74, 6) is 1.47. The first-order chi connectivity index (χ1) is 11.4. The van der Waals surface area contributed by atoms with Crippen LogP contribution in [0.4, 0.5) is 0 Å². The van der Waals surface area contributed by atoms with E-state index in [1.54, 1.807) is 0 Å². The van der Waals surface area contributed by atoms with Crippen molar-refractivity contribution in [3.63, 3.8) is 0 Å². The summed E-state index contributed by atoms with van der Waals surface area (Å²) < 4.78 is 0. The van der Waals surface area contributed by atoms with Crippen LogP contribution in [0.15, 0.2) is 36.4 Å². The van der Waals surface area contributed by atoms with Gasteiger partial charge in [-0.05, 0) is 85.3 Å². The van der Waals surface area contributed by atoms with Crippen LogP contribution in [-0.4, -0.2) is 0 Å². The fourth-order valence-electron chi connectivity index (χ4n) is 3.32. The van der Waals surface area contributed by atoms with Gasteiger partial charge in [-0.25, -0.2) is 0 Å². The Kier molecular flexibility index (Phi) is 6.66. The summed E-state index contributed by atoms with van der Waals surface area (Å²) >= 11 is 0. The second-order valence-corrected chi connectivity index (χ2v) is 7.91. The average Bonchev–Trinajstić information content (AvgIpc) is 2.57. The highest BCUT2D eigenvalue weighted by Crippen LogP contribution is 2.24. The fraction of sp³-hybridized carbons (Fsp3) is 0.500. The lowest BCUT2D eigenvalue weighted by molar-refractivity contribution is 0.517. The smallest absolute Gasteiger partial charge is 0.0190 e. The second-order valence-electron chi connectivity index (χ2n) is 7.91. The van der Waals surface area contributed by atoms with Gasteiger partial charge in [-0.3, -0.25) is 0 Å². The zero-order valence-corrected chi connectivity index (χ0v) is 16.4. The summed E-state index contributed by atoms with van der Waals surface area (Å²) in [6.07, 6.45) is 4.87. The lowest BCUT2D eigenvalue weighted by Crippen LogP contribution is -1.99. The number of hydrogen-bond acceptors (Lipinski definition) is 0. The molecule has 0 radical (unpaired) electrons. The Labute approximate surface area is 149 Å². The average molecular weight is 323 g/mol. The third-order valence-corrected chi connectivity index (χ3v) is 5.58. The van der Waals surface area contributed by atoms with Crippen molar-refractivity contribution in [2.24, 2.45) is 5.92 Å². The molecule has 1 unspecified atom stereocenters. The quantitative estimate of drug-likeness (QED) is 0.518. The monoisotopic (exact) mass is 322 g/mol. The maximum absolute atomic E-state index is 2.36. The van der Waals surface area contributed by atoms with Crippen molar-refractivity contribution in [2.75, 3.05) is 0 Å². The van der Waals surface area contributed by atoms with E-state index in [4.69, 9.17) is 0 Å². The second kappa shape index (κ2) is 8.51. The van der Waals surface area contributed by atoms with Crippen LogP contribution in [0.3, 0.4) is 0 Å². The van der Waals surface area contributed by atoms with Gasteiger partial charge in [-0.2, -0.15) is 0 Å². The van der Waals surface area contributed by atoms with E-state index in [1.165, 1.54) is 46.2 Å². The van der Waals surface area contributed by atoms with E-state index < -0.39 is 0 Å². The lowest BCUT2D eigenvalue weighted by atomic mass is 9.91. The summed E-state index contributed by atoms with van der Waals surface area (Å²) in [7, 11) is 0. The predicted molar refractivity (Wildman–Crippen MR) is 107 cm³/mol. The molecule has 0 heteroatoms. The van der Waals surface area contributed by atoms with Gasteiger partial charge in [0.15, 0.2) is 0 Å². The Hall–Kier alpha value is -1.56. The molecule has 0 aliphatic carbocycles. The molecular weight excluding hydrogens is 288 g/mol. The Morgan fingerprint density at radius 2 is 1.38 bits per heavy atom. The largest absolute Gasteiger partial charge is 0.0628 e. The summed E-state index contributed by atoms with van der Waals surface area (Å²) in [5.41, 5.74) is 8.74. The van der Waals surface area contributed by atoms with Crippen molar-refractivity contribution in [1.82, 2.24) is 0 Å². The predicted octanol–water partition coefficient (Wildman–Crippen LogP) is 6.94. The normalized spacial score (nSPS) is 12.6. The molecule has 2 aromatic carbocycles. The molecule has 0 heterocycles. The molecule has 0 saturated heterocycles. The van der Waals surface area contributed by atoms with Gasteiger partial charge in [0.1, 0.15) is 0 Å². The highest BCUT2D eigenvalue weighted by atomic mass is 14.1. The van der Waals surface area contributed by atoms with E-state index in [1.807, 2.05) is 0 Å². The molecule has 130 valence electrons. The molecule has 2 aromatic rings. The molecule has 0 saturated carbocycles. The maximum atomic E-state index is 2.36. The first-order valence-corrected chi connectivity index (χ1v) is 9.53. The Balaban J connectivity index is 1.96. The van der Waals surface area contributed by atoms with E-state index >= 15 is 0 Å². The van der Waals surface area contributed by atoms with E-state index in [0.717, 1.165) is 18.8 Å². The van der Waals surface area contributed by atoms with Crippen LogP contribution in [0.2, 0.25) is 0 Å². The van der Waals surface area contributed by atoms with Crippen LogP contribution in [-0.2, 0) is 12.8 Å². The number of benzene rings is 2. The highest BCUT2D eigenvalue weighted by Gasteiger charge is 2.08. The van der Waals surface area contributed by atoms with Crippen molar-refractivity contribution in [3.8, 4) is 0 Å². The summed E-state index contributed by atoms with van der Waals surface area (Å²) in [4.78, 5) is 0. The Morgan fingerprint density at radius 3 is 2.00 bits per heavy atom. The zero-order chi connectivity index (χ0) is 17.7. The van der Waals surface area contributed by atoms with E-state index in [-0.39, 0.29) is 0 Å². The topological polar surface area (TPSA) is 0 Å². The molecule has 0 N–H and O–H groups in total. The van der Waals surface area contributed by atoms with Crippen molar-refractivity contribution in [3.05, 3.63) is 69.8 Å². The first kappa shape index (κ1) is 18.8. The third-order valence-electron chi connectivity index (χ3n) is 5.58. The standard InChI is InChI=1S/C24H34/c1-17(2)7-8-19(4)23-14-10-22(11-15-23)12-16-24-13-9-18(3)20(5)21(24)6/h9-11,13-15,17,19H,7-8,12,16H2,1-6H3. The highest BCUT2D eigenvalue weighted by molar-refractivity contribution is 5.39. The fourth-order valence-corrected chi connectivity index (χ4v) is 3.32. The third kappa shape index (κ3) is 4.97. The van der Waals surface area contributed by atoms with Crippen molar-refractivity contribution in [2.45, 2.75) is 73.1 Å². The Morgan fingerprint density at radius 1 is 0.708 bits per heavy atom. The van der Waals surface area contributed by atoms with Gasteiger partial charge in [0.2, 0.25) is 0 Å². The zero-order valence-electron chi connectivity index (χ0n) is 16.4. The maximum Gasteiger partial charge on any atom is -0.0190 e. The van der Waals surface area contributed by atoms with Gasteiger partial charge in [0.25, 0.3) is 0 Å². The minimum Gasteiger partial charge on any atom is -0.0628 e. The minimum absolute atomic E-state index is 0.670. The number of rotatable bonds is 7. The summed E-state index contributed by atoms with van der Waals surface area (Å²) in [6, 6.07) is 13.9. The Bertz CT molecular complexity index is 646. The van der Waals surface area contributed by atoms with E-state index in [9.17, 15) is 0 Å². The number of hydrogen-bond donors (Lipinski definition) is 0. The van der Waals surface area contributed by atoms with Crippen LogP contribution >= 0.6 is 0 Å². The van der Waals surface area contributed by atoms with Gasteiger partial charge < -0.3 is 0 Å². The van der Waals surface area contributed by atoms with Gasteiger partial charge in [-0.1, -0.05) is 63.6 Å². The van der Waals surface area contributed by atoms with Crippen LogP contribution in [0.1, 0.15) is 72.9 Å². The molecule has 0 nitrogen and oxygen atoms in total. The van der Waals surface area contributed by atoms with Crippen LogP contribution in [0.25, 0.3) is 0 Å². The molecule has 0 spiro atoms. The SMILES string of the molecule is Cc1ccc(CCc2ccc(C(C)CCC(C)C)cc2)c(C)c1C. The lowest BCUT2D eigenvalue weighted by Gasteiger charge is -2.14. The van der Waals surface area contributed by atoms with Crippen LogP contribution in [0, 0.1) is 26.7 Å². The molecule has 0 aliphatic rings. The van der Waals surface area contributed by atoms with Gasteiger partial charge in [-0.15, -0.1) is 0 Å². The van der Waals surface area contributed by atoms with E-state index in [2.05, 4.69) is 77.9 Å².